The molecule has 0 saturated heterocycles. The number of ether oxygens (including phenoxy) is 2. The molecule has 98 valence electrons. The Morgan fingerprint density at radius 3 is 2.78 bits per heavy atom. The largest absolute Gasteiger partial charge is 0.466 e. The highest BCUT2D eigenvalue weighted by atomic mass is 16.7. The third-order valence-corrected chi connectivity index (χ3v) is 3.31. The molecule has 3 rings (SSSR count). The van der Waals surface area contributed by atoms with Gasteiger partial charge in [-0.2, -0.15) is 0 Å². The van der Waals surface area contributed by atoms with Gasteiger partial charge in [0.2, 0.25) is 0 Å². The summed E-state index contributed by atoms with van der Waals surface area (Å²) in [6.07, 6.45) is 7.00. The second-order valence-corrected chi connectivity index (χ2v) is 5.22. The predicted octanol–water partition coefficient (Wildman–Crippen LogP) is 2.10. The van der Waals surface area contributed by atoms with Crippen LogP contribution in [0.25, 0.3) is 0 Å². The Morgan fingerprint density at radius 1 is 1.22 bits per heavy atom. The summed E-state index contributed by atoms with van der Waals surface area (Å²) in [7, 11) is 0. The molecule has 0 bridgehead atoms. The summed E-state index contributed by atoms with van der Waals surface area (Å²) in [6, 6.07) is 4.68. The fraction of sp³-hybridized carbons (Fsp3) is 0.643. The number of nitrogens with zero attached hydrogens (tertiary/aromatic N) is 1. The van der Waals surface area contributed by atoms with Gasteiger partial charge in [0.1, 0.15) is 5.75 Å². The molecule has 2 fully saturated rings. The lowest BCUT2D eigenvalue weighted by Gasteiger charge is -2.07. The summed E-state index contributed by atoms with van der Waals surface area (Å²) in [6.45, 7) is 2.01. The minimum atomic E-state index is 0.331. The molecule has 0 aliphatic heterocycles. The Balaban J connectivity index is 1.35. The maximum atomic E-state index is 5.47. The summed E-state index contributed by atoms with van der Waals surface area (Å²) in [5, 5.41) is 3.44. The summed E-state index contributed by atoms with van der Waals surface area (Å²) in [5.74, 6) is 1.56. The van der Waals surface area contributed by atoms with Gasteiger partial charge in [-0.15, -0.1) is 0 Å². The van der Waals surface area contributed by atoms with Crippen molar-refractivity contribution in [3.63, 3.8) is 0 Å². The molecule has 2 aliphatic carbocycles. The predicted molar refractivity (Wildman–Crippen MR) is 68.3 cm³/mol. The Labute approximate surface area is 108 Å². The van der Waals surface area contributed by atoms with Gasteiger partial charge in [-0.1, -0.05) is 0 Å². The van der Waals surface area contributed by atoms with Gasteiger partial charge in [-0.25, -0.2) is 0 Å². The van der Waals surface area contributed by atoms with E-state index in [1.54, 1.807) is 6.20 Å². The number of nitrogens with one attached hydrogen (secondary N) is 1. The molecular formula is C14H20N2O2. The second kappa shape index (κ2) is 5.67. The van der Waals surface area contributed by atoms with Crippen molar-refractivity contribution in [2.24, 2.45) is 5.92 Å². The normalized spacial score (nSPS) is 18.9. The van der Waals surface area contributed by atoms with E-state index in [0.717, 1.165) is 36.6 Å². The van der Waals surface area contributed by atoms with Crippen molar-refractivity contribution in [1.82, 2.24) is 10.3 Å². The SMILES string of the molecule is c1cc(CNC2CC2)ncc1OCOCC1CC1. The van der Waals surface area contributed by atoms with Gasteiger partial charge in [0, 0.05) is 12.6 Å². The van der Waals surface area contributed by atoms with E-state index in [4.69, 9.17) is 9.47 Å². The molecule has 2 saturated carbocycles. The molecule has 1 aromatic heterocycles. The van der Waals surface area contributed by atoms with Gasteiger partial charge in [-0.3, -0.25) is 4.98 Å². The van der Waals surface area contributed by atoms with Crippen molar-refractivity contribution in [3.05, 3.63) is 24.0 Å². The summed E-state index contributed by atoms with van der Waals surface area (Å²) < 4.78 is 10.9. The minimum Gasteiger partial charge on any atom is -0.466 e. The zero-order valence-electron chi connectivity index (χ0n) is 10.6. The van der Waals surface area contributed by atoms with Crippen LogP contribution in [-0.4, -0.2) is 24.4 Å². The van der Waals surface area contributed by atoms with Crippen LogP contribution >= 0.6 is 0 Å². The van der Waals surface area contributed by atoms with Crippen LogP contribution in [0.1, 0.15) is 31.4 Å². The van der Waals surface area contributed by atoms with Crippen molar-refractivity contribution in [2.45, 2.75) is 38.3 Å². The average molecular weight is 248 g/mol. The summed E-state index contributed by atoms with van der Waals surface area (Å²) >= 11 is 0. The second-order valence-electron chi connectivity index (χ2n) is 5.22. The molecule has 1 aromatic rings. The third kappa shape index (κ3) is 3.96. The molecule has 0 aromatic carbocycles. The third-order valence-electron chi connectivity index (χ3n) is 3.31. The van der Waals surface area contributed by atoms with Crippen LogP contribution in [0.4, 0.5) is 0 Å². The van der Waals surface area contributed by atoms with E-state index in [1.807, 2.05) is 12.1 Å². The fourth-order valence-electron chi connectivity index (χ4n) is 1.75. The van der Waals surface area contributed by atoms with Crippen LogP contribution in [0.3, 0.4) is 0 Å². The molecule has 0 atom stereocenters. The van der Waals surface area contributed by atoms with Crippen LogP contribution in [0.15, 0.2) is 18.3 Å². The van der Waals surface area contributed by atoms with Crippen molar-refractivity contribution in [2.75, 3.05) is 13.4 Å². The standard InChI is InChI=1S/C14H20N2O2/c1-2-11(1)9-17-10-18-14-6-5-13(16-8-14)7-15-12-3-4-12/h5-6,8,11-12,15H,1-4,7,9-10H2. The Bertz CT molecular complexity index is 372. The monoisotopic (exact) mass is 248 g/mol. The van der Waals surface area contributed by atoms with E-state index in [1.165, 1.54) is 25.7 Å². The van der Waals surface area contributed by atoms with Gasteiger partial charge < -0.3 is 14.8 Å². The van der Waals surface area contributed by atoms with Crippen molar-refractivity contribution < 1.29 is 9.47 Å². The van der Waals surface area contributed by atoms with E-state index in [-0.39, 0.29) is 0 Å². The van der Waals surface area contributed by atoms with E-state index in [2.05, 4.69) is 10.3 Å². The summed E-state index contributed by atoms with van der Waals surface area (Å²) in [5.41, 5.74) is 1.06. The molecule has 0 spiro atoms. The van der Waals surface area contributed by atoms with Crippen molar-refractivity contribution in [1.29, 1.82) is 0 Å². The number of hydrogen-bond donors (Lipinski definition) is 1. The first-order valence-electron chi connectivity index (χ1n) is 6.79. The molecule has 0 radical (unpaired) electrons. The van der Waals surface area contributed by atoms with Crippen molar-refractivity contribution >= 4 is 0 Å². The van der Waals surface area contributed by atoms with Gasteiger partial charge in [0.15, 0.2) is 6.79 Å². The van der Waals surface area contributed by atoms with Gasteiger partial charge >= 0.3 is 0 Å². The first kappa shape index (κ1) is 11.9. The minimum absolute atomic E-state index is 0.331. The lowest BCUT2D eigenvalue weighted by atomic mass is 10.3. The van der Waals surface area contributed by atoms with Gasteiger partial charge in [-0.05, 0) is 43.7 Å². The quantitative estimate of drug-likeness (QED) is 0.565. The smallest absolute Gasteiger partial charge is 0.189 e. The van der Waals surface area contributed by atoms with Crippen LogP contribution < -0.4 is 10.1 Å². The zero-order valence-corrected chi connectivity index (χ0v) is 10.6. The highest BCUT2D eigenvalue weighted by molar-refractivity contribution is 5.19. The van der Waals surface area contributed by atoms with E-state index in [9.17, 15) is 0 Å². The highest BCUT2D eigenvalue weighted by Gasteiger charge is 2.21. The topological polar surface area (TPSA) is 43.4 Å². The Morgan fingerprint density at radius 2 is 2.11 bits per heavy atom. The Kier molecular flexibility index (Phi) is 3.76. The fourth-order valence-corrected chi connectivity index (χ4v) is 1.75. The van der Waals surface area contributed by atoms with E-state index < -0.39 is 0 Å². The van der Waals surface area contributed by atoms with Gasteiger partial charge in [0.25, 0.3) is 0 Å². The molecule has 2 aliphatic rings. The number of pyridine rings is 1. The molecule has 4 heteroatoms. The first-order chi connectivity index (χ1) is 8.90. The van der Waals surface area contributed by atoms with Crippen LogP contribution in [0, 0.1) is 5.92 Å². The van der Waals surface area contributed by atoms with Crippen molar-refractivity contribution in [3.8, 4) is 5.75 Å². The summed E-state index contributed by atoms with van der Waals surface area (Å²) in [4.78, 5) is 4.36. The van der Waals surface area contributed by atoms with Gasteiger partial charge in [0.05, 0.1) is 18.5 Å². The highest BCUT2D eigenvalue weighted by Crippen LogP contribution is 2.28. The lowest BCUT2D eigenvalue weighted by molar-refractivity contribution is 0.00977. The van der Waals surface area contributed by atoms with Crippen LogP contribution in [0.2, 0.25) is 0 Å². The molecule has 4 nitrogen and oxygen atoms in total. The van der Waals surface area contributed by atoms with Crippen LogP contribution in [-0.2, 0) is 11.3 Å². The molecule has 1 heterocycles. The lowest BCUT2D eigenvalue weighted by Crippen LogP contribution is -2.16. The van der Waals surface area contributed by atoms with E-state index >= 15 is 0 Å². The van der Waals surface area contributed by atoms with E-state index in [0.29, 0.717) is 6.79 Å². The number of rotatable bonds is 8. The first-order valence-corrected chi connectivity index (χ1v) is 6.79. The number of aromatic nitrogens is 1. The molecule has 1 N–H and O–H groups in total. The molecule has 0 amide bonds. The molecule has 18 heavy (non-hydrogen) atoms. The number of hydrogen-bond acceptors (Lipinski definition) is 4. The molecule has 0 unspecified atom stereocenters. The maximum Gasteiger partial charge on any atom is 0.189 e. The average Bonchev–Trinajstić information content (AvgIpc) is 3.28. The Hall–Kier alpha value is -1.13. The maximum absolute atomic E-state index is 5.47. The zero-order chi connectivity index (χ0) is 12.2. The molecular weight excluding hydrogens is 228 g/mol. The van der Waals surface area contributed by atoms with Crippen LogP contribution in [0.5, 0.6) is 5.75 Å².